The number of nitrogens with zero attached hydrogens (tertiary/aromatic N) is 2. The van der Waals surface area contributed by atoms with Crippen molar-refractivity contribution in [2.45, 2.75) is 25.0 Å². The fourth-order valence-corrected chi connectivity index (χ4v) is 6.14. The van der Waals surface area contributed by atoms with Gasteiger partial charge in [0.05, 0.1) is 20.8 Å². The van der Waals surface area contributed by atoms with Crippen molar-refractivity contribution in [1.29, 1.82) is 0 Å². The van der Waals surface area contributed by atoms with Crippen molar-refractivity contribution in [3.05, 3.63) is 81.7 Å². The van der Waals surface area contributed by atoms with Crippen LogP contribution in [0.15, 0.2) is 60.0 Å². The van der Waals surface area contributed by atoms with Gasteiger partial charge in [-0.15, -0.1) is 11.3 Å². The third kappa shape index (κ3) is 3.47. The number of carbonyl (C=O) groups is 2. The molecule has 8 heteroatoms. The Morgan fingerprint density at radius 3 is 2.69 bits per heavy atom. The maximum atomic E-state index is 13.8. The Morgan fingerprint density at radius 1 is 1.06 bits per heavy atom. The fraction of sp³-hybridized carbons (Fsp3) is 0.259. The van der Waals surface area contributed by atoms with Crippen molar-refractivity contribution in [2.75, 3.05) is 20.8 Å². The van der Waals surface area contributed by atoms with E-state index in [1.165, 1.54) is 0 Å². The van der Waals surface area contributed by atoms with Crippen LogP contribution in [-0.4, -0.2) is 53.4 Å². The van der Waals surface area contributed by atoms with Gasteiger partial charge in [0.25, 0.3) is 0 Å². The first kappa shape index (κ1) is 21.7. The number of aromatic nitrogens is 1. The number of rotatable bonds is 5. The lowest BCUT2D eigenvalue weighted by Gasteiger charge is -2.47. The topological polar surface area (TPSA) is 74.9 Å². The molecule has 0 saturated carbocycles. The number of amides is 2. The van der Waals surface area contributed by atoms with Gasteiger partial charge in [0.15, 0.2) is 0 Å². The van der Waals surface area contributed by atoms with Gasteiger partial charge >= 0.3 is 0 Å². The number of piperazine rings is 1. The van der Waals surface area contributed by atoms with Crippen molar-refractivity contribution in [3.63, 3.8) is 0 Å². The molecular formula is C27H25N3O4S. The van der Waals surface area contributed by atoms with E-state index < -0.39 is 12.1 Å². The average molecular weight is 488 g/mol. The highest BCUT2D eigenvalue weighted by atomic mass is 32.1. The summed E-state index contributed by atoms with van der Waals surface area (Å²) in [6, 6.07) is 16.5. The highest BCUT2D eigenvalue weighted by Gasteiger charge is 2.49. The van der Waals surface area contributed by atoms with E-state index in [0.717, 1.165) is 32.6 Å². The molecular weight excluding hydrogens is 462 g/mol. The predicted molar refractivity (Wildman–Crippen MR) is 134 cm³/mol. The maximum Gasteiger partial charge on any atom is 0.246 e. The number of para-hydroxylation sites is 1. The molecule has 178 valence electrons. The Hall–Kier alpha value is -3.78. The summed E-state index contributed by atoms with van der Waals surface area (Å²) in [5.74, 6) is 1.20. The Bertz CT molecular complexity index is 1430. The molecule has 1 unspecified atom stereocenters. The van der Waals surface area contributed by atoms with E-state index >= 15 is 0 Å². The van der Waals surface area contributed by atoms with Crippen LogP contribution in [0.2, 0.25) is 0 Å². The molecule has 2 atom stereocenters. The van der Waals surface area contributed by atoms with E-state index in [2.05, 4.69) is 11.1 Å². The van der Waals surface area contributed by atoms with Crippen molar-refractivity contribution in [2.24, 2.45) is 0 Å². The molecule has 1 N–H and O–H groups in total. The first-order valence-electron chi connectivity index (χ1n) is 11.5. The largest absolute Gasteiger partial charge is 0.497 e. The molecule has 1 saturated heterocycles. The standard InChI is InChI=1S/C27H25N3O4S/c1-33-16-9-10-23(34-2)20(12-16)26-25-19(18-7-3-4-8-21(18)28-25)13-22-27(32)29(15-24(31)30(22)26)14-17-6-5-11-35-17/h3-12,22,26,28H,13-15H2,1-2H3/t22-,26?/m0/s1. The molecule has 6 rings (SSSR count). The molecule has 0 bridgehead atoms. The number of thiophene rings is 1. The number of fused-ring (bicyclic) bond motifs is 4. The molecule has 1 fully saturated rings. The van der Waals surface area contributed by atoms with Crippen LogP contribution in [0, 0.1) is 0 Å². The first-order chi connectivity index (χ1) is 17.1. The minimum Gasteiger partial charge on any atom is -0.497 e. The molecule has 4 heterocycles. The SMILES string of the molecule is COc1ccc(OC)c(C2c3[nH]c4ccccc4c3C[C@H]3C(=O)N(Cc4cccs4)CC(=O)N23)c1. The van der Waals surface area contributed by atoms with Gasteiger partial charge in [-0.05, 0) is 41.3 Å². The molecule has 0 spiro atoms. The molecule has 2 amide bonds. The maximum absolute atomic E-state index is 13.8. The molecule has 0 radical (unpaired) electrons. The van der Waals surface area contributed by atoms with Crippen LogP contribution >= 0.6 is 11.3 Å². The van der Waals surface area contributed by atoms with Gasteiger partial charge in [0, 0.05) is 33.5 Å². The number of carbonyl (C=O) groups excluding carboxylic acids is 2. The summed E-state index contributed by atoms with van der Waals surface area (Å²) in [6.45, 7) is 0.492. The summed E-state index contributed by atoms with van der Waals surface area (Å²) in [5.41, 5.74) is 3.76. The van der Waals surface area contributed by atoms with Crippen molar-refractivity contribution >= 4 is 34.1 Å². The lowest BCUT2D eigenvalue weighted by Crippen LogP contribution is -2.62. The van der Waals surface area contributed by atoms with Crippen molar-refractivity contribution in [3.8, 4) is 11.5 Å². The van der Waals surface area contributed by atoms with E-state index in [0.29, 0.717) is 24.5 Å². The molecule has 0 aliphatic carbocycles. The monoisotopic (exact) mass is 487 g/mol. The second kappa shape index (κ2) is 8.46. The van der Waals surface area contributed by atoms with E-state index in [4.69, 9.17) is 9.47 Å². The van der Waals surface area contributed by atoms with Gasteiger partial charge in [0.1, 0.15) is 30.1 Å². The van der Waals surface area contributed by atoms with Gasteiger partial charge in [-0.1, -0.05) is 24.3 Å². The van der Waals surface area contributed by atoms with Crippen LogP contribution in [0.5, 0.6) is 11.5 Å². The number of methoxy groups -OCH3 is 2. The van der Waals surface area contributed by atoms with E-state index in [-0.39, 0.29) is 18.4 Å². The number of nitrogens with one attached hydrogen (secondary N) is 1. The minimum atomic E-state index is -0.594. The van der Waals surface area contributed by atoms with Crippen LogP contribution in [-0.2, 0) is 22.6 Å². The molecule has 2 aromatic heterocycles. The van der Waals surface area contributed by atoms with Gasteiger partial charge in [0.2, 0.25) is 11.8 Å². The predicted octanol–water partition coefficient (Wildman–Crippen LogP) is 4.13. The van der Waals surface area contributed by atoms with Crippen LogP contribution in [0.1, 0.15) is 27.7 Å². The van der Waals surface area contributed by atoms with Crippen molar-refractivity contribution < 1.29 is 19.1 Å². The highest BCUT2D eigenvalue weighted by Crippen LogP contribution is 2.45. The summed E-state index contributed by atoms with van der Waals surface area (Å²) in [4.78, 5) is 35.6. The fourth-order valence-electron chi connectivity index (χ4n) is 5.43. The zero-order chi connectivity index (χ0) is 24.1. The second-order valence-electron chi connectivity index (χ2n) is 8.87. The number of hydrogen-bond acceptors (Lipinski definition) is 5. The number of hydrogen-bond donors (Lipinski definition) is 1. The van der Waals surface area contributed by atoms with E-state index in [1.807, 2.05) is 53.9 Å². The van der Waals surface area contributed by atoms with Crippen molar-refractivity contribution in [1.82, 2.24) is 14.8 Å². The zero-order valence-corrected chi connectivity index (χ0v) is 20.3. The third-order valence-electron chi connectivity index (χ3n) is 7.00. The molecule has 2 aliphatic rings. The zero-order valence-electron chi connectivity index (χ0n) is 19.5. The van der Waals surface area contributed by atoms with Gasteiger partial charge in [-0.2, -0.15) is 0 Å². The highest BCUT2D eigenvalue weighted by molar-refractivity contribution is 7.09. The number of ether oxygens (including phenoxy) is 2. The Kier molecular flexibility index (Phi) is 5.25. The van der Waals surface area contributed by atoms with Crippen LogP contribution < -0.4 is 9.47 Å². The third-order valence-corrected chi connectivity index (χ3v) is 7.86. The number of benzene rings is 2. The van der Waals surface area contributed by atoms with Crippen LogP contribution in [0.4, 0.5) is 0 Å². The summed E-state index contributed by atoms with van der Waals surface area (Å²) in [5, 5.41) is 3.06. The summed E-state index contributed by atoms with van der Waals surface area (Å²) < 4.78 is 11.2. The number of H-pyrrole nitrogens is 1. The van der Waals surface area contributed by atoms with E-state index in [1.54, 1.807) is 35.4 Å². The quantitative estimate of drug-likeness (QED) is 0.459. The lowest BCUT2D eigenvalue weighted by atomic mass is 9.85. The second-order valence-corrected chi connectivity index (χ2v) is 9.90. The summed E-state index contributed by atoms with van der Waals surface area (Å²) in [6.07, 6.45) is 0.466. The molecule has 4 aromatic rings. The number of aromatic amines is 1. The smallest absolute Gasteiger partial charge is 0.246 e. The normalized spacial score (nSPS) is 19.6. The Labute approximate surface area is 206 Å². The molecule has 35 heavy (non-hydrogen) atoms. The summed E-state index contributed by atoms with van der Waals surface area (Å²) in [7, 11) is 3.23. The van der Waals surface area contributed by atoms with Gasteiger partial charge < -0.3 is 24.3 Å². The van der Waals surface area contributed by atoms with Gasteiger partial charge in [-0.3, -0.25) is 9.59 Å². The Morgan fingerprint density at radius 2 is 1.91 bits per heavy atom. The molecule has 7 nitrogen and oxygen atoms in total. The first-order valence-corrected chi connectivity index (χ1v) is 12.4. The van der Waals surface area contributed by atoms with Crippen LogP contribution in [0.3, 0.4) is 0 Å². The van der Waals surface area contributed by atoms with Gasteiger partial charge in [-0.25, -0.2) is 0 Å². The average Bonchev–Trinajstić information content (AvgIpc) is 3.53. The molecule has 2 aliphatic heterocycles. The molecule has 2 aromatic carbocycles. The van der Waals surface area contributed by atoms with E-state index in [9.17, 15) is 9.59 Å². The lowest BCUT2D eigenvalue weighted by molar-refractivity contribution is -0.159. The minimum absolute atomic E-state index is 0.0270. The Balaban J connectivity index is 1.52. The summed E-state index contributed by atoms with van der Waals surface area (Å²) >= 11 is 1.59. The van der Waals surface area contributed by atoms with Crippen LogP contribution in [0.25, 0.3) is 10.9 Å².